The standard InChI is InChI=1S/C17H19N3O2.ClH/c18-14(10-21)6-13-8-19-16-9-20-17(7-15(13)16)22-11-12-4-2-1-3-5-12;/h1-5,7-9,14,19,21H,6,10-11,18H2;1H. The maximum Gasteiger partial charge on any atom is 0.214 e. The van der Waals surface area contributed by atoms with Crippen LogP contribution in [0.5, 0.6) is 5.88 Å². The zero-order valence-electron chi connectivity index (χ0n) is 12.6. The number of H-pyrrole nitrogens is 1. The summed E-state index contributed by atoms with van der Waals surface area (Å²) in [6.07, 6.45) is 4.27. The van der Waals surface area contributed by atoms with Gasteiger partial charge in [-0.25, -0.2) is 4.98 Å². The Morgan fingerprint density at radius 1 is 1.26 bits per heavy atom. The largest absolute Gasteiger partial charge is 0.473 e. The third kappa shape index (κ3) is 4.22. The van der Waals surface area contributed by atoms with Crippen molar-refractivity contribution < 1.29 is 9.84 Å². The van der Waals surface area contributed by atoms with Crippen LogP contribution >= 0.6 is 12.4 Å². The van der Waals surface area contributed by atoms with Crippen LogP contribution in [0.4, 0.5) is 0 Å². The Balaban J connectivity index is 0.00000192. The molecule has 0 amide bonds. The second-order valence-electron chi connectivity index (χ2n) is 5.30. The lowest BCUT2D eigenvalue weighted by Crippen LogP contribution is -2.26. The molecule has 1 unspecified atom stereocenters. The van der Waals surface area contributed by atoms with Crippen molar-refractivity contribution in [3.05, 3.63) is 59.9 Å². The van der Waals surface area contributed by atoms with Gasteiger partial charge >= 0.3 is 0 Å². The van der Waals surface area contributed by atoms with Crippen molar-refractivity contribution in [3.63, 3.8) is 0 Å². The first-order valence-electron chi connectivity index (χ1n) is 7.25. The fourth-order valence-corrected chi connectivity index (χ4v) is 2.39. The number of benzene rings is 1. The van der Waals surface area contributed by atoms with Crippen molar-refractivity contribution in [2.75, 3.05) is 6.61 Å². The van der Waals surface area contributed by atoms with E-state index in [0.717, 1.165) is 22.0 Å². The molecule has 5 nitrogen and oxygen atoms in total. The van der Waals surface area contributed by atoms with E-state index in [9.17, 15) is 0 Å². The molecular weight excluding hydrogens is 314 g/mol. The summed E-state index contributed by atoms with van der Waals surface area (Å²) >= 11 is 0. The highest BCUT2D eigenvalue weighted by Crippen LogP contribution is 2.23. The second kappa shape index (κ2) is 7.97. The van der Waals surface area contributed by atoms with Crippen LogP contribution in [-0.2, 0) is 13.0 Å². The number of hydrogen-bond donors (Lipinski definition) is 3. The van der Waals surface area contributed by atoms with Crippen molar-refractivity contribution >= 4 is 23.3 Å². The van der Waals surface area contributed by atoms with E-state index in [1.165, 1.54) is 0 Å². The Hall–Kier alpha value is -2.08. The van der Waals surface area contributed by atoms with Gasteiger partial charge in [-0.05, 0) is 17.5 Å². The quantitative estimate of drug-likeness (QED) is 0.647. The Morgan fingerprint density at radius 2 is 2.04 bits per heavy atom. The molecule has 3 aromatic rings. The first kappa shape index (κ1) is 17.3. The van der Waals surface area contributed by atoms with Gasteiger partial charge < -0.3 is 20.6 Å². The summed E-state index contributed by atoms with van der Waals surface area (Å²) in [5, 5.41) is 10.1. The Morgan fingerprint density at radius 3 is 2.78 bits per heavy atom. The van der Waals surface area contributed by atoms with Gasteiger partial charge in [0.1, 0.15) is 6.61 Å². The average molecular weight is 334 g/mol. The third-order valence-corrected chi connectivity index (χ3v) is 3.57. The molecule has 2 aromatic heterocycles. The maximum atomic E-state index is 9.10. The molecule has 0 fully saturated rings. The lowest BCUT2D eigenvalue weighted by Gasteiger charge is -2.08. The van der Waals surface area contributed by atoms with E-state index in [1.54, 1.807) is 6.20 Å². The van der Waals surface area contributed by atoms with E-state index in [0.29, 0.717) is 18.9 Å². The van der Waals surface area contributed by atoms with Crippen LogP contribution in [0.25, 0.3) is 10.9 Å². The zero-order valence-corrected chi connectivity index (χ0v) is 13.4. The number of fused-ring (bicyclic) bond motifs is 1. The van der Waals surface area contributed by atoms with Crippen molar-refractivity contribution in [1.29, 1.82) is 0 Å². The number of nitrogens with zero attached hydrogens (tertiary/aromatic N) is 1. The third-order valence-electron chi connectivity index (χ3n) is 3.57. The van der Waals surface area contributed by atoms with Gasteiger partial charge in [0.15, 0.2) is 0 Å². The molecule has 2 heterocycles. The molecule has 0 aliphatic heterocycles. The molecule has 3 rings (SSSR count). The van der Waals surface area contributed by atoms with Gasteiger partial charge in [-0.15, -0.1) is 12.4 Å². The molecule has 0 bridgehead atoms. The highest BCUT2D eigenvalue weighted by atomic mass is 35.5. The molecule has 0 saturated heterocycles. The number of pyridine rings is 1. The van der Waals surface area contributed by atoms with Gasteiger partial charge in [0.25, 0.3) is 0 Å². The minimum absolute atomic E-state index is 0. The molecule has 6 heteroatoms. The highest BCUT2D eigenvalue weighted by molar-refractivity contribution is 5.85. The molecule has 0 radical (unpaired) electrons. The number of nitrogens with one attached hydrogen (secondary N) is 1. The first-order valence-corrected chi connectivity index (χ1v) is 7.25. The van der Waals surface area contributed by atoms with Crippen molar-refractivity contribution in [3.8, 4) is 5.88 Å². The Bertz CT molecular complexity index is 746. The summed E-state index contributed by atoms with van der Waals surface area (Å²) < 4.78 is 5.75. The number of aromatic nitrogens is 2. The molecule has 0 spiro atoms. The smallest absolute Gasteiger partial charge is 0.214 e. The maximum absolute atomic E-state index is 9.10. The van der Waals surface area contributed by atoms with Crippen LogP contribution in [0.15, 0.2) is 48.8 Å². The summed E-state index contributed by atoms with van der Waals surface area (Å²) in [4.78, 5) is 7.46. The average Bonchev–Trinajstić information content (AvgIpc) is 2.96. The van der Waals surface area contributed by atoms with E-state index in [1.807, 2.05) is 42.6 Å². The SMILES string of the molecule is Cl.NC(CO)Cc1c[nH]c2cnc(OCc3ccccc3)cc12. The molecule has 23 heavy (non-hydrogen) atoms. The lowest BCUT2D eigenvalue weighted by atomic mass is 10.1. The number of aliphatic hydroxyl groups is 1. The van der Waals surface area contributed by atoms with Crippen LogP contribution in [0, 0.1) is 0 Å². The lowest BCUT2D eigenvalue weighted by molar-refractivity contribution is 0.265. The summed E-state index contributed by atoms with van der Waals surface area (Å²) in [5.41, 5.74) is 8.91. The van der Waals surface area contributed by atoms with Gasteiger partial charge in [0.05, 0.1) is 18.3 Å². The van der Waals surface area contributed by atoms with Crippen LogP contribution in [0.3, 0.4) is 0 Å². The summed E-state index contributed by atoms with van der Waals surface area (Å²) in [5.74, 6) is 0.578. The van der Waals surface area contributed by atoms with Gasteiger partial charge in [-0.2, -0.15) is 0 Å². The molecule has 0 aliphatic carbocycles. The molecule has 4 N–H and O–H groups in total. The fraction of sp³-hybridized carbons (Fsp3) is 0.235. The minimum atomic E-state index is -0.263. The predicted octanol–water partition coefficient (Wildman–Crippen LogP) is 2.43. The van der Waals surface area contributed by atoms with Crippen molar-refractivity contribution in [1.82, 2.24) is 9.97 Å². The fourth-order valence-electron chi connectivity index (χ4n) is 2.39. The zero-order chi connectivity index (χ0) is 15.4. The second-order valence-corrected chi connectivity index (χ2v) is 5.30. The van der Waals surface area contributed by atoms with E-state index in [2.05, 4.69) is 9.97 Å². The topological polar surface area (TPSA) is 84.2 Å². The van der Waals surface area contributed by atoms with Gasteiger partial charge in [0, 0.05) is 23.7 Å². The monoisotopic (exact) mass is 333 g/mol. The molecule has 0 aliphatic rings. The molecule has 1 aromatic carbocycles. The van der Waals surface area contributed by atoms with E-state index in [-0.39, 0.29) is 25.1 Å². The Kier molecular flexibility index (Phi) is 5.98. The van der Waals surface area contributed by atoms with Gasteiger partial charge in [0.2, 0.25) is 5.88 Å². The van der Waals surface area contributed by atoms with Gasteiger partial charge in [-0.1, -0.05) is 30.3 Å². The van der Waals surface area contributed by atoms with Crippen LogP contribution < -0.4 is 10.5 Å². The van der Waals surface area contributed by atoms with Crippen LogP contribution in [0.2, 0.25) is 0 Å². The van der Waals surface area contributed by atoms with Crippen LogP contribution in [-0.4, -0.2) is 27.7 Å². The van der Waals surface area contributed by atoms with Crippen LogP contribution in [0.1, 0.15) is 11.1 Å². The number of ether oxygens (including phenoxy) is 1. The van der Waals surface area contributed by atoms with E-state index in [4.69, 9.17) is 15.6 Å². The van der Waals surface area contributed by atoms with Crippen molar-refractivity contribution in [2.24, 2.45) is 5.73 Å². The van der Waals surface area contributed by atoms with E-state index >= 15 is 0 Å². The number of rotatable bonds is 6. The Labute approximate surface area is 140 Å². The summed E-state index contributed by atoms with van der Waals surface area (Å²) in [7, 11) is 0. The summed E-state index contributed by atoms with van der Waals surface area (Å²) in [6, 6.07) is 11.6. The number of nitrogens with two attached hydrogens (primary N) is 1. The highest BCUT2D eigenvalue weighted by Gasteiger charge is 2.10. The summed E-state index contributed by atoms with van der Waals surface area (Å²) in [6.45, 7) is 0.449. The number of hydrogen-bond acceptors (Lipinski definition) is 4. The molecule has 1 atom stereocenters. The van der Waals surface area contributed by atoms with Gasteiger partial charge in [-0.3, -0.25) is 0 Å². The number of aliphatic hydroxyl groups excluding tert-OH is 1. The number of halogens is 1. The molecule has 0 saturated carbocycles. The predicted molar refractivity (Wildman–Crippen MR) is 92.9 cm³/mol. The van der Waals surface area contributed by atoms with Crippen molar-refractivity contribution in [2.45, 2.75) is 19.1 Å². The van der Waals surface area contributed by atoms with E-state index < -0.39 is 0 Å². The first-order chi connectivity index (χ1) is 10.8. The molecule has 122 valence electrons. The normalized spacial score (nSPS) is 11.9. The molecular formula is C17H20ClN3O2. The number of aromatic amines is 1. The minimum Gasteiger partial charge on any atom is -0.473 e.